The minimum Gasteiger partial charge on any atom is -0.372 e. The normalized spacial score (nSPS) is 22.4. The van der Waals surface area contributed by atoms with E-state index in [1.807, 2.05) is 32.0 Å². The molecular weight excluding hydrogens is 256 g/mol. The van der Waals surface area contributed by atoms with Crippen LogP contribution in [0.2, 0.25) is 0 Å². The Kier molecular flexibility index (Phi) is 5.17. The third kappa shape index (κ3) is 4.38. The monoisotopic (exact) mass is 278 g/mol. The molecule has 0 radical (unpaired) electrons. The lowest BCUT2D eigenvalue weighted by atomic mass is 10.2. The minimum absolute atomic E-state index is 0.0326. The van der Waals surface area contributed by atoms with Gasteiger partial charge in [0.05, 0.1) is 12.2 Å². The fourth-order valence-electron chi connectivity index (χ4n) is 2.28. The molecule has 110 valence electrons. The molecule has 0 spiro atoms. The molecular formula is C14H22N4O2. The van der Waals surface area contributed by atoms with Crippen molar-refractivity contribution in [3.05, 3.63) is 24.4 Å². The topological polar surface area (TPSA) is 66.5 Å². The van der Waals surface area contributed by atoms with E-state index in [0.29, 0.717) is 26.2 Å². The maximum atomic E-state index is 12.0. The lowest BCUT2D eigenvalue weighted by molar-refractivity contribution is -0.0544. The summed E-state index contributed by atoms with van der Waals surface area (Å²) in [6, 6.07) is 5.65. The van der Waals surface area contributed by atoms with Crippen LogP contribution in [-0.4, -0.2) is 54.3 Å². The Hall–Kier alpha value is -1.82. The number of rotatable bonds is 4. The molecule has 20 heavy (non-hydrogen) atoms. The summed E-state index contributed by atoms with van der Waals surface area (Å²) in [6.45, 7) is 6.47. The Balaban J connectivity index is 1.67. The first kappa shape index (κ1) is 14.6. The number of carbonyl (C=O) groups is 1. The highest BCUT2D eigenvalue weighted by atomic mass is 16.5. The number of hydrogen-bond donors (Lipinski definition) is 2. The van der Waals surface area contributed by atoms with E-state index in [1.54, 1.807) is 11.1 Å². The molecule has 0 aromatic carbocycles. The predicted molar refractivity (Wildman–Crippen MR) is 77.7 cm³/mol. The van der Waals surface area contributed by atoms with Gasteiger partial charge in [0.1, 0.15) is 5.82 Å². The summed E-state index contributed by atoms with van der Waals surface area (Å²) in [4.78, 5) is 18.0. The highest BCUT2D eigenvalue weighted by Gasteiger charge is 2.25. The molecule has 1 fully saturated rings. The lowest BCUT2D eigenvalue weighted by Crippen LogP contribution is -2.52. The zero-order valence-electron chi connectivity index (χ0n) is 12.0. The highest BCUT2D eigenvalue weighted by molar-refractivity contribution is 5.74. The van der Waals surface area contributed by atoms with E-state index in [9.17, 15) is 4.79 Å². The van der Waals surface area contributed by atoms with Gasteiger partial charge in [-0.15, -0.1) is 0 Å². The number of pyridine rings is 1. The Morgan fingerprint density at radius 3 is 2.75 bits per heavy atom. The SMILES string of the molecule is C[C@@H]1CN(C(=O)NCCNc2ccccn2)C[C@@H](C)O1. The average Bonchev–Trinajstić information content (AvgIpc) is 2.43. The molecule has 1 aromatic heterocycles. The van der Waals surface area contributed by atoms with Gasteiger partial charge < -0.3 is 20.3 Å². The summed E-state index contributed by atoms with van der Waals surface area (Å²) in [5, 5.41) is 6.06. The number of aromatic nitrogens is 1. The van der Waals surface area contributed by atoms with E-state index >= 15 is 0 Å². The molecule has 1 aliphatic heterocycles. The van der Waals surface area contributed by atoms with Crippen LogP contribution in [0.5, 0.6) is 0 Å². The summed E-state index contributed by atoms with van der Waals surface area (Å²) in [5.41, 5.74) is 0. The van der Waals surface area contributed by atoms with Crippen molar-refractivity contribution in [1.29, 1.82) is 0 Å². The standard InChI is InChI=1S/C14H22N4O2/c1-11-9-18(10-12(2)20-11)14(19)17-8-7-16-13-5-3-4-6-15-13/h3-6,11-12H,7-10H2,1-2H3,(H,15,16)(H,17,19)/t11-,12-/m1/s1. The van der Waals surface area contributed by atoms with E-state index in [1.165, 1.54) is 0 Å². The van der Waals surface area contributed by atoms with Gasteiger partial charge in [-0.25, -0.2) is 9.78 Å². The maximum absolute atomic E-state index is 12.0. The molecule has 6 heteroatoms. The number of amides is 2. The van der Waals surface area contributed by atoms with Gasteiger partial charge in [-0.05, 0) is 26.0 Å². The first-order valence-corrected chi connectivity index (χ1v) is 6.98. The van der Waals surface area contributed by atoms with Crippen molar-refractivity contribution in [3.8, 4) is 0 Å². The quantitative estimate of drug-likeness (QED) is 0.815. The smallest absolute Gasteiger partial charge is 0.317 e. The number of ether oxygens (including phenoxy) is 1. The third-order valence-electron chi connectivity index (χ3n) is 3.08. The number of morpholine rings is 1. The highest BCUT2D eigenvalue weighted by Crippen LogP contribution is 2.10. The Morgan fingerprint density at radius 1 is 1.35 bits per heavy atom. The van der Waals surface area contributed by atoms with Gasteiger partial charge in [-0.2, -0.15) is 0 Å². The summed E-state index contributed by atoms with van der Waals surface area (Å²) < 4.78 is 5.61. The van der Waals surface area contributed by atoms with E-state index in [4.69, 9.17) is 4.74 Å². The molecule has 2 heterocycles. The Morgan fingerprint density at radius 2 is 2.10 bits per heavy atom. The first-order valence-electron chi connectivity index (χ1n) is 6.98. The molecule has 1 aliphatic rings. The van der Waals surface area contributed by atoms with E-state index in [-0.39, 0.29) is 18.2 Å². The molecule has 2 N–H and O–H groups in total. The first-order chi connectivity index (χ1) is 9.65. The minimum atomic E-state index is -0.0326. The van der Waals surface area contributed by atoms with Gasteiger partial charge in [0.25, 0.3) is 0 Å². The van der Waals surface area contributed by atoms with Crippen LogP contribution < -0.4 is 10.6 Å². The summed E-state index contributed by atoms with van der Waals surface area (Å²) in [7, 11) is 0. The molecule has 2 atom stereocenters. The summed E-state index contributed by atoms with van der Waals surface area (Å²) >= 11 is 0. The molecule has 0 aliphatic carbocycles. The third-order valence-corrected chi connectivity index (χ3v) is 3.08. The number of anilines is 1. The van der Waals surface area contributed by atoms with Crippen LogP contribution in [0.25, 0.3) is 0 Å². The van der Waals surface area contributed by atoms with Crippen LogP contribution in [0.15, 0.2) is 24.4 Å². The van der Waals surface area contributed by atoms with Crippen LogP contribution in [0, 0.1) is 0 Å². The van der Waals surface area contributed by atoms with E-state index in [2.05, 4.69) is 15.6 Å². The van der Waals surface area contributed by atoms with Crippen LogP contribution >= 0.6 is 0 Å². The van der Waals surface area contributed by atoms with Crippen LogP contribution in [0.3, 0.4) is 0 Å². The summed E-state index contributed by atoms with van der Waals surface area (Å²) in [5.74, 6) is 0.815. The van der Waals surface area contributed by atoms with Crippen molar-refractivity contribution >= 4 is 11.8 Å². The lowest BCUT2D eigenvalue weighted by Gasteiger charge is -2.35. The molecule has 2 amide bonds. The molecule has 1 saturated heterocycles. The second-order valence-electron chi connectivity index (χ2n) is 5.04. The number of carbonyl (C=O) groups excluding carboxylic acids is 1. The van der Waals surface area contributed by atoms with Crippen molar-refractivity contribution < 1.29 is 9.53 Å². The van der Waals surface area contributed by atoms with Crippen LogP contribution in [-0.2, 0) is 4.74 Å². The second-order valence-corrected chi connectivity index (χ2v) is 5.04. The number of hydrogen-bond acceptors (Lipinski definition) is 4. The van der Waals surface area contributed by atoms with Gasteiger partial charge in [0.2, 0.25) is 0 Å². The van der Waals surface area contributed by atoms with Crippen LogP contribution in [0.4, 0.5) is 10.6 Å². The fourth-order valence-corrected chi connectivity index (χ4v) is 2.28. The van der Waals surface area contributed by atoms with Crippen molar-refractivity contribution in [2.45, 2.75) is 26.1 Å². The molecule has 0 unspecified atom stereocenters. The van der Waals surface area contributed by atoms with Crippen molar-refractivity contribution in [3.63, 3.8) is 0 Å². The van der Waals surface area contributed by atoms with Crippen molar-refractivity contribution in [2.24, 2.45) is 0 Å². The Labute approximate surface area is 119 Å². The number of nitrogens with zero attached hydrogens (tertiary/aromatic N) is 2. The number of nitrogens with one attached hydrogen (secondary N) is 2. The zero-order valence-corrected chi connectivity index (χ0v) is 12.0. The largest absolute Gasteiger partial charge is 0.372 e. The average molecular weight is 278 g/mol. The van der Waals surface area contributed by atoms with E-state index < -0.39 is 0 Å². The zero-order chi connectivity index (χ0) is 14.4. The Bertz CT molecular complexity index is 416. The van der Waals surface area contributed by atoms with Gasteiger partial charge >= 0.3 is 6.03 Å². The number of urea groups is 1. The predicted octanol–water partition coefficient (Wildman–Crippen LogP) is 1.31. The van der Waals surface area contributed by atoms with Gasteiger partial charge in [-0.1, -0.05) is 6.07 Å². The molecule has 0 saturated carbocycles. The van der Waals surface area contributed by atoms with Gasteiger partial charge in [0.15, 0.2) is 0 Å². The maximum Gasteiger partial charge on any atom is 0.317 e. The van der Waals surface area contributed by atoms with Crippen LogP contribution in [0.1, 0.15) is 13.8 Å². The molecule has 0 bridgehead atoms. The molecule has 6 nitrogen and oxygen atoms in total. The van der Waals surface area contributed by atoms with Gasteiger partial charge in [-0.3, -0.25) is 0 Å². The van der Waals surface area contributed by atoms with Crippen molar-refractivity contribution in [1.82, 2.24) is 15.2 Å². The molecule has 1 aromatic rings. The fraction of sp³-hybridized carbons (Fsp3) is 0.571. The van der Waals surface area contributed by atoms with Crippen molar-refractivity contribution in [2.75, 3.05) is 31.5 Å². The second kappa shape index (κ2) is 7.09. The van der Waals surface area contributed by atoms with E-state index in [0.717, 1.165) is 5.82 Å². The summed E-state index contributed by atoms with van der Waals surface area (Å²) in [6.07, 6.45) is 1.92. The molecule has 2 rings (SSSR count). The van der Waals surface area contributed by atoms with Gasteiger partial charge in [0, 0.05) is 32.4 Å².